The highest BCUT2D eigenvalue weighted by Crippen LogP contribution is 2.31. The zero-order valence-corrected chi connectivity index (χ0v) is 15.2. The van der Waals surface area contributed by atoms with Gasteiger partial charge in [-0.25, -0.2) is 0 Å². The lowest BCUT2D eigenvalue weighted by atomic mass is 10.2. The highest BCUT2D eigenvalue weighted by atomic mass is 127. The van der Waals surface area contributed by atoms with Crippen LogP contribution in [-0.4, -0.2) is 32.7 Å². The highest BCUT2D eigenvalue weighted by molar-refractivity contribution is 14.0. The maximum atomic E-state index is 5.66. The molecule has 0 amide bonds. The van der Waals surface area contributed by atoms with Crippen LogP contribution in [-0.2, 0) is 0 Å². The lowest BCUT2D eigenvalue weighted by Crippen LogP contribution is -2.39. The van der Waals surface area contributed by atoms with E-state index in [1.165, 1.54) is 24.8 Å². The molecule has 1 aliphatic rings. The third-order valence-electron chi connectivity index (χ3n) is 3.45. The molecule has 1 fully saturated rings. The third-order valence-corrected chi connectivity index (χ3v) is 3.45. The number of halogens is 1. The Labute approximate surface area is 144 Å². The minimum Gasteiger partial charge on any atom is -0.492 e. The number of aryl methyl sites for hydroxylation is 1. The Kier molecular flexibility index (Phi) is 8.49. The fourth-order valence-corrected chi connectivity index (χ4v) is 1.99. The fourth-order valence-electron chi connectivity index (χ4n) is 1.99. The van der Waals surface area contributed by atoms with Crippen LogP contribution in [0.3, 0.4) is 0 Å². The lowest BCUT2D eigenvalue weighted by molar-refractivity contribution is 0.322. The van der Waals surface area contributed by atoms with Gasteiger partial charge in [-0.1, -0.05) is 30.5 Å². The summed E-state index contributed by atoms with van der Waals surface area (Å²) in [6, 6.07) is 8.11. The molecular formula is C16H26IN3O. The van der Waals surface area contributed by atoms with Gasteiger partial charge in [0.25, 0.3) is 0 Å². The molecule has 0 saturated heterocycles. The van der Waals surface area contributed by atoms with E-state index < -0.39 is 0 Å². The van der Waals surface area contributed by atoms with Gasteiger partial charge in [0.2, 0.25) is 0 Å². The molecule has 0 aliphatic heterocycles. The van der Waals surface area contributed by atoms with E-state index in [1.807, 2.05) is 12.1 Å². The van der Waals surface area contributed by atoms with Crippen LogP contribution in [0.25, 0.3) is 0 Å². The first-order valence-corrected chi connectivity index (χ1v) is 7.42. The topological polar surface area (TPSA) is 45.7 Å². The van der Waals surface area contributed by atoms with Crippen molar-refractivity contribution in [3.8, 4) is 5.75 Å². The normalized spacial score (nSPS) is 14.3. The zero-order valence-electron chi connectivity index (χ0n) is 12.9. The van der Waals surface area contributed by atoms with Gasteiger partial charge in [-0.15, -0.1) is 24.0 Å². The van der Waals surface area contributed by atoms with Crippen LogP contribution in [0.15, 0.2) is 29.3 Å². The van der Waals surface area contributed by atoms with Gasteiger partial charge in [0.15, 0.2) is 5.96 Å². The Morgan fingerprint density at radius 3 is 2.48 bits per heavy atom. The quantitative estimate of drug-likeness (QED) is 0.319. The summed E-state index contributed by atoms with van der Waals surface area (Å²) in [6.45, 7) is 4.45. The fraction of sp³-hybridized carbons (Fsp3) is 0.562. The summed E-state index contributed by atoms with van der Waals surface area (Å²) < 4.78 is 5.66. The van der Waals surface area contributed by atoms with Crippen molar-refractivity contribution in [1.82, 2.24) is 10.6 Å². The number of hydrogen-bond acceptors (Lipinski definition) is 2. The van der Waals surface area contributed by atoms with E-state index in [9.17, 15) is 0 Å². The van der Waals surface area contributed by atoms with E-state index in [1.54, 1.807) is 7.05 Å². The second-order valence-electron chi connectivity index (χ2n) is 5.32. The van der Waals surface area contributed by atoms with Crippen molar-refractivity contribution in [3.05, 3.63) is 29.8 Å². The monoisotopic (exact) mass is 403 g/mol. The molecule has 1 saturated carbocycles. The lowest BCUT2D eigenvalue weighted by Gasteiger charge is -2.12. The number of ether oxygens (including phenoxy) is 1. The summed E-state index contributed by atoms with van der Waals surface area (Å²) in [4.78, 5) is 4.20. The predicted molar refractivity (Wildman–Crippen MR) is 98.8 cm³/mol. The Morgan fingerprint density at radius 2 is 1.86 bits per heavy atom. The molecule has 0 aromatic heterocycles. The van der Waals surface area contributed by atoms with Crippen LogP contribution in [0, 0.1) is 12.8 Å². The predicted octanol–water partition coefficient (Wildman–Crippen LogP) is 2.96. The van der Waals surface area contributed by atoms with Crippen molar-refractivity contribution in [3.63, 3.8) is 0 Å². The zero-order chi connectivity index (χ0) is 14.2. The van der Waals surface area contributed by atoms with E-state index in [4.69, 9.17) is 4.74 Å². The number of nitrogens with one attached hydrogen (secondary N) is 2. The van der Waals surface area contributed by atoms with Gasteiger partial charge in [-0.05, 0) is 31.4 Å². The first-order chi connectivity index (χ1) is 9.78. The molecule has 0 radical (unpaired) electrons. The number of rotatable bonds is 7. The maximum Gasteiger partial charge on any atom is 0.191 e. The van der Waals surface area contributed by atoms with Crippen LogP contribution in [0.4, 0.5) is 0 Å². The van der Waals surface area contributed by atoms with Gasteiger partial charge in [0.1, 0.15) is 12.4 Å². The molecule has 0 atom stereocenters. The van der Waals surface area contributed by atoms with Crippen molar-refractivity contribution in [2.75, 3.05) is 26.7 Å². The van der Waals surface area contributed by atoms with Gasteiger partial charge in [0.05, 0.1) is 6.54 Å². The van der Waals surface area contributed by atoms with Crippen LogP contribution in [0.2, 0.25) is 0 Å². The van der Waals surface area contributed by atoms with E-state index in [0.717, 1.165) is 30.7 Å². The summed E-state index contributed by atoms with van der Waals surface area (Å²) in [5.41, 5.74) is 1.25. The molecule has 0 spiro atoms. The number of guanidine groups is 1. The van der Waals surface area contributed by atoms with Gasteiger partial charge >= 0.3 is 0 Å². The second-order valence-corrected chi connectivity index (χ2v) is 5.32. The number of hydrogen-bond donors (Lipinski definition) is 2. The number of benzene rings is 1. The molecule has 5 heteroatoms. The van der Waals surface area contributed by atoms with E-state index >= 15 is 0 Å². The molecule has 1 aliphatic carbocycles. The standard InChI is InChI=1S/C16H25N3O.HI/c1-13-3-7-15(8-4-13)20-12-11-19-16(17-2)18-10-9-14-5-6-14;/h3-4,7-8,14H,5-6,9-12H2,1-2H3,(H2,17,18,19);1H. The van der Waals surface area contributed by atoms with E-state index in [0.29, 0.717) is 6.61 Å². The maximum absolute atomic E-state index is 5.66. The van der Waals surface area contributed by atoms with Crippen molar-refractivity contribution in [1.29, 1.82) is 0 Å². The van der Waals surface area contributed by atoms with Crippen LogP contribution >= 0.6 is 24.0 Å². The summed E-state index contributed by atoms with van der Waals surface area (Å²) >= 11 is 0. The van der Waals surface area contributed by atoms with Gasteiger partial charge in [-0.2, -0.15) is 0 Å². The van der Waals surface area contributed by atoms with Crippen molar-refractivity contribution in [2.45, 2.75) is 26.2 Å². The summed E-state index contributed by atoms with van der Waals surface area (Å²) in [7, 11) is 1.80. The highest BCUT2D eigenvalue weighted by Gasteiger charge is 2.20. The minimum atomic E-state index is 0. The minimum absolute atomic E-state index is 0. The summed E-state index contributed by atoms with van der Waals surface area (Å²) in [5.74, 6) is 2.72. The average Bonchev–Trinajstić information content (AvgIpc) is 3.27. The van der Waals surface area contributed by atoms with E-state index in [2.05, 4.69) is 34.7 Å². The molecule has 118 valence electrons. The molecule has 21 heavy (non-hydrogen) atoms. The van der Waals surface area contributed by atoms with Crippen LogP contribution < -0.4 is 15.4 Å². The molecule has 1 aromatic rings. The number of aliphatic imine (C=N–C) groups is 1. The van der Waals surface area contributed by atoms with Gasteiger partial charge in [0, 0.05) is 13.6 Å². The SMILES string of the molecule is CN=C(NCCOc1ccc(C)cc1)NCCC1CC1.I. The van der Waals surface area contributed by atoms with E-state index in [-0.39, 0.29) is 24.0 Å². The first kappa shape index (κ1) is 18.1. The Hall–Kier alpha value is -0.980. The molecule has 2 N–H and O–H groups in total. The average molecular weight is 403 g/mol. The second kappa shape index (κ2) is 9.87. The molecule has 2 rings (SSSR count). The largest absolute Gasteiger partial charge is 0.492 e. The van der Waals surface area contributed by atoms with Crippen molar-refractivity contribution in [2.24, 2.45) is 10.9 Å². The molecule has 1 aromatic carbocycles. The summed E-state index contributed by atoms with van der Waals surface area (Å²) in [6.07, 6.45) is 4.05. The third kappa shape index (κ3) is 7.55. The molecule has 0 bridgehead atoms. The molecular weight excluding hydrogens is 377 g/mol. The Morgan fingerprint density at radius 1 is 1.19 bits per heavy atom. The Balaban J connectivity index is 0.00000220. The van der Waals surface area contributed by atoms with Gasteiger partial charge < -0.3 is 15.4 Å². The van der Waals surface area contributed by atoms with Crippen molar-refractivity contribution < 1.29 is 4.74 Å². The van der Waals surface area contributed by atoms with Crippen LogP contribution in [0.1, 0.15) is 24.8 Å². The van der Waals surface area contributed by atoms with Crippen molar-refractivity contribution >= 4 is 29.9 Å². The Bertz CT molecular complexity index is 430. The first-order valence-electron chi connectivity index (χ1n) is 7.42. The van der Waals surface area contributed by atoms with Gasteiger partial charge in [-0.3, -0.25) is 4.99 Å². The van der Waals surface area contributed by atoms with Crippen LogP contribution in [0.5, 0.6) is 5.75 Å². The molecule has 0 unspecified atom stereocenters. The smallest absolute Gasteiger partial charge is 0.191 e. The molecule has 4 nitrogen and oxygen atoms in total. The summed E-state index contributed by atoms with van der Waals surface area (Å²) in [5, 5.41) is 6.59. The molecule has 0 heterocycles. The number of nitrogens with zero attached hydrogens (tertiary/aromatic N) is 1.